The highest BCUT2D eigenvalue weighted by Gasteiger charge is 2.01. The number of hydrogen-bond acceptors (Lipinski definition) is 5. The molecule has 2 rings (SSSR count). The van der Waals surface area contributed by atoms with Crippen molar-refractivity contribution in [1.82, 2.24) is 20.5 Å². The van der Waals surface area contributed by atoms with Gasteiger partial charge in [-0.3, -0.25) is 5.10 Å². The first kappa shape index (κ1) is 12.9. The summed E-state index contributed by atoms with van der Waals surface area (Å²) in [5, 5.41) is 13.8. The third-order valence-corrected chi connectivity index (χ3v) is 4.05. The van der Waals surface area contributed by atoms with Gasteiger partial charge in [-0.1, -0.05) is 11.8 Å². The first-order valence-electron chi connectivity index (χ1n) is 5.40. The molecule has 0 atom stereocenters. The van der Waals surface area contributed by atoms with Gasteiger partial charge in [0.2, 0.25) is 0 Å². The third-order valence-electron chi connectivity index (χ3n) is 2.00. The maximum atomic E-state index is 11.4. The normalized spacial score (nSPS) is 10.2. The molecule has 0 aliphatic carbocycles. The number of nitrogens with one attached hydrogen (secondary N) is 3. The van der Waals surface area contributed by atoms with E-state index in [0.717, 1.165) is 16.5 Å². The second-order valence-corrected chi connectivity index (χ2v) is 5.60. The molecular weight excluding hydrogens is 270 g/mol. The Labute approximate surface area is 113 Å². The van der Waals surface area contributed by atoms with Gasteiger partial charge in [0.15, 0.2) is 0 Å². The van der Waals surface area contributed by atoms with Gasteiger partial charge in [0.25, 0.3) is 0 Å². The fourth-order valence-electron chi connectivity index (χ4n) is 1.21. The van der Waals surface area contributed by atoms with Crippen LogP contribution in [-0.4, -0.2) is 33.5 Å². The number of H-pyrrole nitrogens is 1. The Morgan fingerprint density at radius 2 is 2.50 bits per heavy atom. The minimum Gasteiger partial charge on any atom is -0.338 e. The summed E-state index contributed by atoms with van der Waals surface area (Å²) in [6.45, 7) is 0.641. The molecule has 0 spiro atoms. The van der Waals surface area contributed by atoms with Crippen molar-refractivity contribution in [2.45, 2.75) is 10.8 Å². The second kappa shape index (κ2) is 7.02. The summed E-state index contributed by atoms with van der Waals surface area (Å²) in [7, 11) is 0. The van der Waals surface area contributed by atoms with Crippen LogP contribution in [0.5, 0.6) is 0 Å². The zero-order chi connectivity index (χ0) is 12.6. The number of rotatable bonds is 6. The lowest BCUT2D eigenvalue weighted by Gasteiger charge is -2.04. The van der Waals surface area contributed by atoms with E-state index < -0.39 is 0 Å². The third kappa shape index (κ3) is 4.38. The van der Waals surface area contributed by atoms with E-state index >= 15 is 0 Å². The Morgan fingerprint density at radius 3 is 3.22 bits per heavy atom. The molecule has 2 aromatic heterocycles. The molecule has 8 heteroatoms. The highest BCUT2D eigenvalue weighted by molar-refractivity contribution is 8.00. The summed E-state index contributed by atoms with van der Waals surface area (Å²) in [6, 6.07) is -0.212. The molecule has 2 heterocycles. The van der Waals surface area contributed by atoms with Crippen LogP contribution in [0.3, 0.4) is 0 Å². The van der Waals surface area contributed by atoms with Crippen molar-refractivity contribution in [2.24, 2.45) is 0 Å². The van der Waals surface area contributed by atoms with Crippen LogP contribution in [0.15, 0.2) is 28.3 Å². The second-order valence-electron chi connectivity index (χ2n) is 3.37. The summed E-state index contributed by atoms with van der Waals surface area (Å²) in [6.07, 6.45) is 5.88. The number of thiazole rings is 1. The molecule has 0 unspecified atom stereocenters. The van der Waals surface area contributed by atoms with E-state index in [1.165, 1.54) is 0 Å². The van der Waals surface area contributed by atoms with Crippen molar-refractivity contribution in [3.8, 4) is 0 Å². The molecule has 96 valence electrons. The topological polar surface area (TPSA) is 82.7 Å². The van der Waals surface area contributed by atoms with Crippen molar-refractivity contribution in [2.75, 3.05) is 17.6 Å². The Morgan fingerprint density at radius 1 is 1.56 bits per heavy atom. The number of aromatic amines is 1. The van der Waals surface area contributed by atoms with Crippen LogP contribution in [-0.2, 0) is 0 Å². The molecule has 0 aliphatic rings. The molecule has 3 N–H and O–H groups in total. The number of urea groups is 1. The first-order valence-corrected chi connectivity index (χ1v) is 7.27. The number of aromatic nitrogens is 3. The molecule has 2 aromatic rings. The molecule has 0 saturated heterocycles. The van der Waals surface area contributed by atoms with Crippen molar-refractivity contribution in [3.63, 3.8) is 0 Å². The Hall–Kier alpha value is -1.54. The quantitative estimate of drug-likeness (QED) is 0.560. The zero-order valence-corrected chi connectivity index (χ0v) is 11.2. The van der Waals surface area contributed by atoms with Crippen LogP contribution in [0.4, 0.5) is 10.5 Å². The monoisotopic (exact) mass is 283 g/mol. The highest BCUT2D eigenvalue weighted by Crippen LogP contribution is 2.20. The number of thioether (sulfide) groups is 1. The van der Waals surface area contributed by atoms with Crippen LogP contribution >= 0.6 is 23.1 Å². The van der Waals surface area contributed by atoms with E-state index in [-0.39, 0.29) is 6.03 Å². The van der Waals surface area contributed by atoms with Gasteiger partial charge in [0.1, 0.15) is 4.34 Å². The van der Waals surface area contributed by atoms with Gasteiger partial charge in [-0.2, -0.15) is 5.10 Å². The molecule has 0 aliphatic heterocycles. The Balaban J connectivity index is 1.54. The summed E-state index contributed by atoms with van der Waals surface area (Å²) in [5.74, 6) is 0.944. The average Bonchev–Trinajstić information content (AvgIpc) is 3.01. The molecule has 0 bridgehead atoms. The standard InChI is InChI=1S/C10H13N5OS2/c16-9(15-8-6-13-14-7-8)11-2-1-4-17-10-12-3-5-18-10/h3,5-7H,1-2,4H2,(H,13,14)(H2,11,15,16). The summed E-state index contributed by atoms with van der Waals surface area (Å²) < 4.78 is 1.07. The largest absolute Gasteiger partial charge is 0.338 e. The van der Waals surface area contributed by atoms with Gasteiger partial charge in [0, 0.05) is 30.1 Å². The van der Waals surface area contributed by atoms with Gasteiger partial charge in [-0.25, -0.2) is 9.78 Å². The number of carbonyl (C=O) groups is 1. The van der Waals surface area contributed by atoms with Crippen molar-refractivity contribution in [3.05, 3.63) is 24.0 Å². The van der Waals surface area contributed by atoms with Crippen molar-refractivity contribution >= 4 is 34.8 Å². The molecule has 6 nitrogen and oxygen atoms in total. The van der Waals surface area contributed by atoms with Gasteiger partial charge in [0.05, 0.1) is 11.9 Å². The lowest BCUT2D eigenvalue weighted by Crippen LogP contribution is -2.29. The first-order chi connectivity index (χ1) is 8.84. The molecule has 0 aromatic carbocycles. The Bertz CT molecular complexity index is 457. The molecule has 0 saturated carbocycles. The molecule has 0 radical (unpaired) electrons. The lowest BCUT2D eigenvalue weighted by molar-refractivity contribution is 0.252. The van der Waals surface area contributed by atoms with Gasteiger partial charge < -0.3 is 10.6 Å². The van der Waals surface area contributed by atoms with Crippen molar-refractivity contribution < 1.29 is 4.79 Å². The highest BCUT2D eigenvalue weighted by atomic mass is 32.2. The maximum absolute atomic E-state index is 11.4. The molecule has 18 heavy (non-hydrogen) atoms. The van der Waals surface area contributed by atoms with Gasteiger partial charge in [-0.05, 0) is 6.42 Å². The van der Waals surface area contributed by atoms with E-state index in [1.807, 2.05) is 5.38 Å². The minimum absolute atomic E-state index is 0.212. The lowest BCUT2D eigenvalue weighted by atomic mass is 10.5. The fourth-order valence-corrected chi connectivity index (χ4v) is 2.86. The van der Waals surface area contributed by atoms with E-state index in [1.54, 1.807) is 41.7 Å². The number of anilines is 1. The van der Waals surface area contributed by atoms with Crippen LogP contribution in [0.1, 0.15) is 6.42 Å². The van der Waals surface area contributed by atoms with Crippen LogP contribution in [0, 0.1) is 0 Å². The van der Waals surface area contributed by atoms with Gasteiger partial charge >= 0.3 is 6.03 Å². The minimum atomic E-state index is -0.212. The molecule has 0 fully saturated rings. The van der Waals surface area contributed by atoms with Gasteiger partial charge in [-0.15, -0.1) is 11.3 Å². The van der Waals surface area contributed by atoms with E-state index in [4.69, 9.17) is 0 Å². The number of carbonyl (C=O) groups excluding carboxylic acids is 1. The smallest absolute Gasteiger partial charge is 0.319 e. The number of amides is 2. The van der Waals surface area contributed by atoms with Crippen molar-refractivity contribution in [1.29, 1.82) is 0 Å². The summed E-state index contributed by atoms with van der Waals surface area (Å²) in [5.41, 5.74) is 0.657. The average molecular weight is 283 g/mol. The maximum Gasteiger partial charge on any atom is 0.319 e. The predicted octanol–water partition coefficient (Wildman–Crippen LogP) is 2.17. The van der Waals surface area contributed by atoms with E-state index in [0.29, 0.717) is 12.2 Å². The number of nitrogens with zero attached hydrogens (tertiary/aromatic N) is 2. The van der Waals surface area contributed by atoms with E-state index in [2.05, 4.69) is 25.8 Å². The fraction of sp³-hybridized carbons (Fsp3) is 0.300. The van der Waals surface area contributed by atoms with Crippen LogP contribution < -0.4 is 10.6 Å². The number of hydrogen-bond donors (Lipinski definition) is 3. The summed E-state index contributed by atoms with van der Waals surface area (Å²) in [4.78, 5) is 15.6. The predicted molar refractivity (Wildman–Crippen MR) is 73.1 cm³/mol. The SMILES string of the molecule is O=C(NCCCSc1nccs1)Nc1cn[nH]c1. The molecule has 2 amide bonds. The van der Waals surface area contributed by atoms with Crippen LogP contribution in [0.2, 0.25) is 0 Å². The van der Waals surface area contributed by atoms with Crippen LogP contribution in [0.25, 0.3) is 0 Å². The molecular formula is C10H13N5OS2. The zero-order valence-electron chi connectivity index (χ0n) is 9.55. The van der Waals surface area contributed by atoms with E-state index in [9.17, 15) is 4.79 Å². The summed E-state index contributed by atoms with van der Waals surface area (Å²) >= 11 is 3.34. The Kier molecular flexibility index (Phi) is 5.03.